The Morgan fingerprint density at radius 2 is 1.69 bits per heavy atom. The summed E-state index contributed by atoms with van der Waals surface area (Å²) in [5.41, 5.74) is 2.26. The Labute approximate surface area is 188 Å². The van der Waals surface area contributed by atoms with Crippen LogP contribution in [0, 0.1) is 0 Å². The first-order valence-corrected chi connectivity index (χ1v) is 10.3. The molecule has 3 aromatic rings. The second-order valence-electron chi connectivity index (χ2n) is 7.14. The van der Waals surface area contributed by atoms with Crippen LogP contribution >= 0.6 is 11.6 Å². The van der Waals surface area contributed by atoms with Gasteiger partial charge in [-0.2, -0.15) is 8.78 Å². The van der Waals surface area contributed by atoms with Gasteiger partial charge in [0.25, 0.3) is 0 Å². The first kappa shape index (κ1) is 21.9. The number of hydrogen-bond donors (Lipinski definition) is 1. The van der Waals surface area contributed by atoms with Crippen molar-refractivity contribution in [3.63, 3.8) is 0 Å². The summed E-state index contributed by atoms with van der Waals surface area (Å²) in [6.07, 6.45) is 0.0757. The van der Waals surface area contributed by atoms with Crippen molar-refractivity contribution in [2.24, 2.45) is 0 Å². The van der Waals surface area contributed by atoms with E-state index in [0.717, 1.165) is 11.1 Å². The number of halogens is 3. The smallest absolute Gasteiger partial charge is 0.387 e. The average molecular weight is 460 g/mol. The van der Waals surface area contributed by atoms with E-state index in [0.29, 0.717) is 35.3 Å². The molecule has 1 atom stereocenters. The van der Waals surface area contributed by atoms with Gasteiger partial charge in [-0.3, -0.25) is 4.79 Å². The SMILES string of the molecule is O=C(Cc1cc(Cl)c2c(c1)OCCO2)NC(c1ccccc1)c1ccc(OC(F)F)cc1. The lowest BCUT2D eigenvalue weighted by Gasteiger charge is -2.22. The average Bonchev–Trinajstić information content (AvgIpc) is 2.78. The van der Waals surface area contributed by atoms with E-state index in [1.807, 2.05) is 30.3 Å². The third-order valence-corrected chi connectivity index (χ3v) is 5.18. The fourth-order valence-electron chi connectivity index (χ4n) is 3.51. The van der Waals surface area contributed by atoms with Crippen molar-refractivity contribution in [3.8, 4) is 17.2 Å². The third-order valence-electron chi connectivity index (χ3n) is 4.90. The molecule has 0 bridgehead atoms. The van der Waals surface area contributed by atoms with E-state index in [1.54, 1.807) is 24.3 Å². The Bertz CT molecular complexity index is 1080. The summed E-state index contributed by atoms with van der Waals surface area (Å²) in [5.74, 6) is 0.809. The summed E-state index contributed by atoms with van der Waals surface area (Å²) >= 11 is 6.28. The second-order valence-corrected chi connectivity index (χ2v) is 7.54. The molecular formula is C24H20ClF2NO4. The van der Waals surface area contributed by atoms with E-state index < -0.39 is 12.7 Å². The number of ether oxygens (including phenoxy) is 3. The molecule has 0 fully saturated rings. The summed E-state index contributed by atoms with van der Waals surface area (Å²) in [5, 5.41) is 3.40. The van der Waals surface area contributed by atoms with Gasteiger partial charge in [-0.15, -0.1) is 0 Å². The number of benzene rings is 3. The maximum absolute atomic E-state index is 12.9. The second kappa shape index (κ2) is 9.87. The van der Waals surface area contributed by atoms with Crippen LogP contribution in [0.5, 0.6) is 17.2 Å². The lowest BCUT2D eigenvalue weighted by atomic mass is 9.98. The lowest BCUT2D eigenvalue weighted by Crippen LogP contribution is -2.30. The maximum Gasteiger partial charge on any atom is 0.387 e. The normalized spacial score (nSPS) is 13.5. The topological polar surface area (TPSA) is 56.8 Å². The molecule has 0 aliphatic carbocycles. The van der Waals surface area contributed by atoms with Crippen LogP contribution in [0.15, 0.2) is 66.7 Å². The number of fused-ring (bicyclic) bond motifs is 1. The van der Waals surface area contributed by atoms with E-state index in [1.165, 1.54) is 12.1 Å². The molecule has 3 aromatic carbocycles. The lowest BCUT2D eigenvalue weighted by molar-refractivity contribution is -0.120. The van der Waals surface area contributed by atoms with Gasteiger partial charge < -0.3 is 19.5 Å². The quantitative estimate of drug-likeness (QED) is 0.530. The largest absolute Gasteiger partial charge is 0.486 e. The summed E-state index contributed by atoms with van der Waals surface area (Å²) in [4.78, 5) is 12.9. The van der Waals surface area contributed by atoms with Crippen molar-refractivity contribution in [2.75, 3.05) is 13.2 Å². The van der Waals surface area contributed by atoms with E-state index in [2.05, 4.69) is 10.1 Å². The van der Waals surface area contributed by atoms with Crippen LogP contribution in [0.3, 0.4) is 0 Å². The predicted molar refractivity (Wildman–Crippen MR) is 116 cm³/mol. The molecular weight excluding hydrogens is 440 g/mol. The first-order valence-electron chi connectivity index (χ1n) is 9.96. The number of rotatable bonds is 7. The van der Waals surface area contributed by atoms with Crippen LogP contribution in [0.25, 0.3) is 0 Å². The molecule has 8 heteroatoms. The van der Waals surface area contributed by atoms with Crippen LogP contribution in [0.1, 0.15) is 22.7 Å². The summed E-state index contributed by atoms with van der Waals surface area (Å²) in [6.45, 7) is -2.06. The van der Waals surface area contributed by atoms with E-state index in [4.69, 9.17) is 21.1 Å². The van der Waals surface area contributed by atoms with Gasteiger partial charge >= 0.3 is 6.61 Å². The van der Waals surface area contributed by atoms with Crippen LogP contribution in [-0.2, 0) is 11.2 Å². The number of nitrogens with one attached hydrogen (secondary N) is 1. The molecule has 4 rings (SSSR count). The number of carbonyl (C=O) groups is 1. The highest BCUT2D eigenvalue weighted by molar-refractivity contribution is 6.32. The molecule has 1 amide bonds. The Kier molecular flexibility index (Phi) is 6.75. The van der Waals surface area contributed by atoms with Gasteiger partial charge in [-0.05, 0) is 41.0 Å². The molecule has 0 radical (unpaired) electrons. The zero-order valence-corrected chi connectivity index (χ0v) is 17.6. The Morgan fingerprint density at radius 1 is 1.00 bits per heavy atom. The highest BCUT2D eigenvalue weighted by Gasteiger charge is 2.20. The monoisotopic (exact) mass is 459 g/mol. The standard InChI is InChI=1S/C24H20ClF2NO4/c25-19-12-15(13-20-23(19)31-11-10-30-20)14-21(29)28-22(16-4-2-1-3-5-16)17-6-8-18(9-7-17)32-24(26)27/h1-9,12-13,22,24H,10-11,14H2,(H,28,29). The molecule has 0 saturated carbocycles. The highest BCUT2D eigenvalue weighted by Crippen LogP contribution is 2.38. The first-order chi connectivity index (χ1) is 15.5. The number of amides is 1. The molecule has 0 spiro atoms. The summed E-state index contributed by atoms with van der Waals surface area (Å²) in [7, 11) is 0. The van der Waals surface area contributed by atoms with Crippen LogP contribution < -0.4 is 19.5 Å². The van der Waals surface area contributed by atoms with Crippen molar-refractivity contribution in [1.82, 2.24) is 5.32 Å². The van der Waals surface area contributed by atoms with E-state index in [9.17, 15) is 13.6 Å². The summed E-state index contributed by atoms with van der Waals surface area (Å²) < 4.78 is 40.4. The number of hydrogen-bond acceptors (Lipinski definition) is 4. The van der Waals surface area contributed by atoms with Crippen LogP contribution in [0.2, 0.25) is 5.02 Å². The third kappa shape index (κ3) is 5.29. The number of alkyl halides is 2. The molecule has 1 aliphatic heterocycles. The van der Waals surface area contributed by atoms with Crippen LogP contribution in [0.4, 0.5) is 8.78 Å². The zero-order valence-electron chi connectivity index (χ0n) is 16.9. The van der Waals surface area contributed by atoms with Gasteiger partial charge in [0, 0.05) is 0 Å². The van der Waals surface area contributed by atoms with Crippen molar-refractivity contribution in [2.45, 2.75) is 19.1 Å². The van der Waals surface area contributed by atoms with Crippen molar-refractivity contribution in [1.29, 1.82) is 0 Å². The van der Waals surface area contributed by atoms with Gasteiger partial charge in [0.2, 0.25) is 5.91 Å². The molecule has 1 heterocycles. The molecule has 1 unspecified atom stereocenters. The van der Waals surface area contributed by atoms with Crippen molar-refractivity contribution < 1.29 is 27.8 Å². The van der Waals surface area contributed by atoms with Crippen molar-refractivity contribution in [3.05, 3.63) is 88.4 Å². The van der Waals surface area contributed by atoms with Crippen LogP contribution in [-0.4, -0.2) is 25.7 Å². The highest BCUT2D eigenvalue weighted by atomic mass is 35.5. The molecule has 1 N–H and O–H groups in total. The number of carbonyl (C=O) groups excluding carboxylic acids is 1. The predicted octanol–water partition coefficient (Wildman–Crippen LogP) is 5.16. The molecule has 0 aromatic heterocycles. The van der Waals surface area contributed by atoms with Gasteiger partial charge in [-0.25, -0.2) is 0 Å². The van der Waals surface area contributed by atoms with Gasteiger partial charge in [-0.1, -0.05) is 54.1 Å². The zero-order chi connectivity index (χ0) is 22.5. The Balaban J connectivity index is 1.54. The fourth-order valence-corrected chi connectivity index (χ4v) is 3.80. The fraction of sp³-hybridized carbons (Fsp3) is 0.208. The minimum atomic E-state index is -2.90. The minimum Gasteiger partial charge on any atom is -0.486 e. The molecule has 5 nitrogen and oxygen atoms in total. The van der Waals surface area contributed by atoms with Gasteiger partial charge in [0.05, 0.1) is 17.5 Å². The maximum atomic E-state index is 12.9. The summed E-state index contributed by atoms with van der Waals surface area (Å²) in [6, 6.07) is 18.5. The molecule has 0 saturated heterocycles. The Morgan fingerprint density at radius 3 is 2.41 bits per heavy atom. The minimum absolute atomic E-state index is 0.0489. The van der Waals surface area contributed by atoms with Gasteiger partial charge in [0.1, 0.15) is 19.0 Å². The molecule has 1 aliphatic rings. The van der Waals surface area contributed by atoms with E-state index in [-0.39, 0.29) is 18.1 Å². The van der Waals surface area contributed by atoms with Crippen molar-refractivity contribution >= 4 is 17.5 Å². The molecule has 32 heavy (non-hydrogen) atoms. The van der Waals surface area contributed by atoms with Gasteiger partial charge in [0.15, 0.2) is 11.5 Å². The van der Waals surface area contributed by atoms with E-state index >= 15 is 0 Å². The molecule has 166 valence electrons. The Hall–Kier alpha value is -3.32.